The van der Waals surface area contributed by atoms with Crippen LogP contribution >= 0.6 is 23.2 Å². The molecule has 132 valence electrons. The van der Waals surface area contributed by atoms with Crippen molar-refractivity contribution in [2.45, 2.75) is 51.5 Å². The highest BCUT2D eigenvalue weighted by Crippen LogP contribution is 2.28. The molecule has 1 aromatic carbocycles. The van der Waals surface area contributed by atoms with Gasteiger partial charge in [-0.25, -0.2) is 0 Å². The van der Waals surface area contributed by atoms with E-state index in [0.29, 0.717) is 11.6 Å². The van der Waals surface area contributed by atoms with Crippen molar-refractivity contribution in [1.29, 1.82) is 0 Å². The van der Waals surface area contributed by atoms with Gasteiger partial charge in [-0.3, -0.25) is 9.59 Å². The summed E-state index contributed by atoms with van der Waals surface area (Å²) in [5.74, 6) is 0.230. The summed E-state index contributed by atoms with van der Waals surface area (Å²) in [6, 6.07) is 4.22. The molecule has 1 aliphatic carbocycles. The van der Waals surface area contributed by atoms with Crippen LogP contribution in [0.2, 0.25) is 10.0 Å². The summed E-state index contributed by atoms with van der Waals surface area (Å²) in [6.45, 7) is 2.30. The summed E-state index contributed by atoms with van der Waals surface area (Å²) in [5.41, 5.74) is 0.269. The summed E-state index contributed by atoms with van der Waals surface area (Å²) in [4.78, 5) is 24.3. The van der Waals surface area contributed by atoms with Crippen LogP contribution in [0, 0.1) is 5.92 Å². The maximum Gasteiger partial charge on any atom is 0.253 e. The van der Waals surface area contributed by atoms with Gasteiger partial charge in [-0.05, 0) is 37.8 Å². The van der Waals surface area contributed by atoms with E-state index >= 15 is 0 Å². The van der Waals surface area contributed by atoms with Crippen molar-refractivity contribution in [3.63, 3.8) is 0 Å². The van der Waals surface area contributed by atoms with Crippen molar-refractivity contribution in [3.05, 3.63) is 33.8 Å². The minimum atomic E-state index is -0.626. The van der Waals surface area contributed by atoms with Crippen LogP contribution in [-0.2, 0) is 4.79 Å². The van der Waals surface area contributed by atoms with Crippen LogP contribution in [0.3, 0.4) is 0 Å². The van der Waals surface area contributed by atoms with Gasteiger partial charge in [0.05, 0.1) is 15.6 Å². The van der Waals surface area contributed by atoms with Gasteiger partial charge in [0.15, 0.2) is 0 Å². The molecule has 0 radical (unpaired) electrons. The van der Waals surface area contributed by atoms with Gasteiger partial charge in [-0.15, -0.1) is 0 Å². The van der Waals surface area contributed by atoms with Gasteiger partial charge >= 0.3 is 0 Å². The summed E-state index contributed by atoms with van der Waals surface area (Å²) >= 11 is 11.9. The Morgan fingerprint density at radius 2 is 1.96 bits per heavy atom. The van der Waals surface area contributed by atoms with Gasteiger partial charge in [0.2, 0.25) is 5.91 Å². The lowest BCUT2D eigenvalue weighted by atomic mass is 10.0. The molecule has 1 atom stereocenters. The van der Waals surface area contributed by atoms with E-state index in [0.717, 1.165) is 12.3 Å². The highest BCUT2D eigenvalue weighted by Gasteiger charge is 2.19. The lowest BCUT2D eigenvalue weighted by Gasteiger charge is -2.15. The van der Waals surface area contributed by atoms with E-state index in [1.54, 1.807) is 25.1 Å². The summed E-state index contributed by atoms with van der Waals surface area (Å²) in [6.07, 6.45) is 7.47. The molecule has 1 fully saturated rings. The van der Waals surface area contributed by atoms with Crippen LogP contribution in [-0.4, -0.2) is 24.4 Å². The minimum absolute atomic E-state index is 0.187. The first kappa shape index (κ1) is 19.1. The van der Waals surface area contributed by atoms with Crippen molar-refractivity contribution >= 4 is 35.0 Å². The minimum Gasteiger partial charge on any atom is -0.354 e. The molecule has 0 unspecified atom stereocenters. The van der Waals surface area contributed by atoms with Crippen molar-refractivity contribution in [3.8, 4) is 0 Å². The molecule has 0 bridgehead atoms. The van der Waals surface area contributed by atoms with Crippen LogP contribution in [0.15, 0.2) is 18.2 Å². The van der Waals surface area contributed by atoms with Gasteiger partial charge in [0, 0.05) is 6.54 Å². The second kappa shape index (κ2) is 9.28. The van der Waals surface area contributed by atoms with E-state index in [9.17, 15) is 9.59 Å². The van der Waals surface area contributed by atoms with Crippen molar-refractivity contribution in [1.82, 2.24) is 10.6 Å². The normalized spacial score (nSPS) is 16.0. The fraction of sp³-hybridized carbons (Fsp3) is 0.556. The van der Waals surface area contributed by atoms with E-state index in [1.165, 1.54) is 32.1 Å². The topological polar surface area (TPSA) is 58.2 Å². The molecule has 6 heteroatoms. The van der Waals surface area contributed by atoms with Gasteiger partial charge < -0.3 is 10.6 Å². The Kier molecular flexibility index (Phi) is 7.38. The van der Waals surface area contributed by atoms with Gasteiger partial charge in [0.1, 0.15) is 6.04 Å². The Morgan fingerprint density at radius 1 is 1.25 bits per heavy atom. The van der Waals surface area contributed by atoms with Crippen LogP contribution in [0.4, 0.5) is 0 Å². The molecule has 2 amide bonds. The molecule has 0 aliphatic heterocycles. The first-order chi connectivity index (χ1) is 11.5. The Hall–Kier alpha value is -1.26. The van der Waals surface area contributed by atoms with Gasteiger partial charge in [0.25, 0.3) is 5.91 Å². The Bertz CT molecular complexity index is 586. The van der Waals surface area contributed by atoms with Crippen molar-refractivity contribution in [2.24, 2.45) is 5.92 Å². The molecule has 0 heterocycles. The van der Waals surface area contributed by atoms with Gasteiger partial charge in [-0.2, -0.15) is 0 Å². The van der Waals surface area contributed by atoms with Crippen LogP contribution in [0.5, 0.6) is 0 Å². The van der Waals surface area contributed by atoms with Crippen LogP contribution in [0.1, 0.15) is 55.8 Å². The fourth-order valence-electron chi connectivity index (χ4n) is 3.07. The van der Waals surface area contributed by atoms with Crippen molar-refractivity contribution < 1.29 is 9.59 Å². The number of halogens is 2. The highest BCUT2D eigenvalue weighted by atomic mass is 35.5. The van der Waals surface area contributed by atoms with E-state index in [2.05, 4.69) is 10.6 Å². The molecule has 0 saturated heterocycles. The zero-order chi connectivity index (χ0) is 17.5. The summed E-state index contributed by atoms with van der Waals surface area (Å²) < 4.78 is 0. The van der Waals surface area contributed by atoms with Gasteiger partial charge in [-0.1, -0.05) is 55.0 Å². The lowest BCUT2D eigenvalue weighted by Crippen LogP contribution is -2.45. The number of hydrogen-bond acceptors (Lipinski definition) is 2. The zero-order valence-corrected chi connectivity index (χ0v) is 15.4. The number of benzene rings is 1. The fourth-order valence-corrected chi connectivity index (χ4v) is 3.46. The number of amides is 2. The third-order valence-corrected chi connectivity index (χ3v) is 5.32. The summed E-state index contributed by atoms with van der Waals surface area (Å²) in [5, 5.41) is 6.04. The van der Waals surface area contributed by atoms with E-state index < -0.39 is 11.9 Å². The maximum atomic E-state index is 12.2. The van der Waals surface area contributed by atoms with Crippen LogP contribution < -0.4 is 10.6 Å². The maximum absolute atomic E-state index is 12.2. The second-order valence-electron chi connectivity index (χ2n) is 6.38. The molecular weight excluding hydrogens is 347 g/mol. The molecule has 0 aromatic heterocycles. The predicted octanol–water partition coefficient (Wildman–Crippen LogP) is 4.20. The van der Waals surface area contributed by atoms with Crippen molar-refractivity contribution in [2.75, 3.05) is 6.54 Å². The number of hydrogen-bond donors (Lipinski definition) is 2. The monoisotopic (exact) mass is 370 g/mol. The number of rotatable bonds is 7. The molecule has 1 aliphatic rings. The highest BCUT2D eigenvalue weighted by molar-refractivity contribution is 6.43. The molecule has 4 nitrogen and oxygen atoms in total. The Balaban J connectivity index is 1.74. The Morgan fingerprint density at radius 3 is 2.67 bits per heavy atom. The average Bonchev–Trinajstić information content (AvgIpc) is 3.07. The standard InChI is InChI=1S/C18H24Cl2N2O2/c1-12(17(23)21-11-5-8-13-6-2-3-7-13)22-18(24)14-9-4-10-15(19)16(14)20/h4,9-10,12-13H,2-3,5-8,11H2,1H3,(H,21,23)(H,22,24)/t12-/m1/s1. The molecule has 0 spiro atoms. The summed E-state index contributed by atoms with van der Waals surface area (Å²) in [7, 11) is 0. The number of carbonyl (C=O) groups is 2. The molecule has 1 saturated carbocycles. The Labute approximate surface area is 153 Å². The zero-order valence-electron chi connectivity index (χ0n) is 13.9. The van der Waals surface area contributed by atoms with Crippen LogP contribution in [0.25, 0.3) is 0 Å². The van der Waals surface area contributed by atoms with E-state index in [4.69, 9.17) is 23.2 Å². The predicted molar refractivity (Wildman–Crippen MR) is 97.6 cm³/mol. The average molecular weight is 371 g/mol. The first-order valence-corrected chi connectivity index (χ1v) is 9.27. The quantitative estimate of drug-likeness (QED) is 0.706. The molecule has 2 rings (SSSR count). The number of carbonyl (C=O) groups excluding carboxylic acids is 2. The van der Waals surface area contributed by atoms with E-state index in [-0.39, 0.29) is 16.5 Å². The smallest absolute Gasteiger partial charge is 0.253 e. The number of nitrogens with one attached hydrogen (secondary N) is 2. The van der Waals surface area contributed by atoms with E-state index in [1.807, 2.05) is 0 Å². The molecule has 24 heavy (non-hydrogen) atoms. The lowest BCUT2D eigenvalue weighted by molar-refractivity contribution is -0.122. The third-order valence-electron chi connectivity index (χ3n) is 4.50. The SMILES string of the molecule is C[C@@H](NC(=O)c1cccc(Cl)c1Cl)C(=O)NCCCC1CCCC1. The molecule has 2 N–H and O–H groups in total. The first-order valence-electron chi connectivity index (χ1n) is 8.51. The third kappa shape index (κ3) is 5.38. The second-order valence-corrected chi connectivity index (χ2v) is 7.17. The molecule has 1 aromatic rings. The largest absolute Gasteiger partial charge is 0.354 e. The molecular formula is C18H24Cl2N2O2.